The zero-order valence-corrected chi connectivity index (χ0v) is 29.1. The Morgan fingerprint density at radius 3 is 2.11 bits per heavy atom. The summed E-state index contributed by atoms with van der Waals surface area (Å²) in [4.78, 5) is 10.9. The van der Waals surface area contributed by atoms with Crippen molar-refractivity contribution >= 4 is 97.1 Å². The lowest BCUT2D eigenvalue weighted by Gasteiger charge is -2.15. The van der Waals surface area contributed by atoms with Crippen LogP contribution >= 0.6 is 11.3 Å². The SMILES string of the molecule is c1ccc(-c2nc3oc4ccccc4c3nc2-n2c3cc(-c4cccc5c4sc4ccccc45)c4ccccc4c3c3ccc4ccccc4c32)cc1. The molecule has 0 radical (unpaired) electrons. The molecule has 0 amide bonds. The van der Waals surface area contributed by atoms with Crippen LogP contribution in [-0.2, 0) is 0 Å². The number of rotatable bonds is 3. The molecule has 0 N–H and O–H groups in total. The predicted molar refractivity (Wildman–Crippen MR) is 222 cm³/mol. The van der Waals surface area contributed by atoms with E-state index in [-0.39, 0.29) is 0 Å². The molecule has 0 fully saturated rings. The second kappa shape index (κ2) is 10.8. The molecular formula is C48H27N3OS. The van der Waals surface area contributed by atoms with Gasteiger partial charge in [0.25, 0.3) is 0 Å². The molecule has 12 rings (SSSR count). The summed E-state index contributed by atoms with van der Waals surface area (Å²) < 4.78 is 11.3. The van der Waals surface area contributed by atoms with Gasteiger partial charge < -0.3 is 4.42 Å². The van der Waals surface area contributed by atoms with Crippen molar-refractivity contribution in [2.45, 2.75) is 0 Å². The van der Waals surface area contributed by atoms with Crippen LogP contribution in [0.4, 0.5) is 0 Å². The fourth-order valence-corrected chi connectivity index (χ4v) is 9.73. The van der Waals surface area contributed by atoms with Gasteiger partial charge in [-0.3, -0.25) is 4.57 Å². The van der Waals surface area contributed by atoms with Gasteiger partial charge in [-0.1, -0.05) is 140 Å². The second-order valence-electron chi connectivity index (χ2n) is 13.7. The first-order valence-corrected chi connectivity index (χ1v) is 18.7. The van der Waals surface area contributed by atoms with Crippen molar-refractivity contribution < 1.29 is 4.42 Å². The van der Waals surface area contributed by atoms with E-state index in [0.29, 0.717) is 5.71 Å². The van der Waals surface area contributed by atoms with E-state index in [0.717, 1.165) is 50.0 Å². The summed E-state index contributed by atoms with van der Waals surface area (Å²) in [6.45, 7) is 0. The van der Waals surface area contributed by atoms with E-state index in [9.17, 15) is 0 Å². The number of hydrogen-bond acceptors (Lipinski definition) is 4. The molecule has 4 aromatic heterocycles. The minimum Gasteiger partial charge on any atom is -0.436 e. The topological polar surface area (TPSA) is 43.9 Å². The second-order valence-corrected chi connectivity index (χ2v) is 14.7. The van der Waals surface area contributed by atoms with Gasteiger partial charge in [0.15, 0.2) is 5.82 Å². The standard InChI is InChI=1S/C48H27N3OS/c1-2-14-29(15-3-1)43-47(49-44-36-20-8-10-23-40(36)52-48(44)50-43)51-39-27-38(35-22-12-21-34-32-18-9-11-24-41(32)53-46(34)35)31-17-6-7-19-33(31)42(39)37-26-25-28-13-4-5-16-30(28)45(37)51/h1-27H. The molecule has 4 nitrogen and oxygen atoms in total. The highest BCUT2D eigenvalue weighted by molar-refractivity contribution is 7.26. The van der Waals surface area contributed by atoms with E-state index in [1.165, 1.54) is 58.2 Å². The Hall–Kier alpha value is -6.82. The first kappa shape index (κ1) is 28.8. The molecule has 0 aliphatic rings. The predicted octanol–water partition coefficient (Wildman–Crippen LogP) is 13.5. The highest BCUT2D eigenvalue weighted by Gasteiger charge is 2.25. The molecule has 8 aromatic carbocycles. The molecular weight excluding hydrogens is 667 g/mol. The molecule has 0 saturated heterocycles. The fourth-order valence-electron chi connectivity index (χ4n) is 8.50. The van der Waals surface area contributed by atoms with Crippen molar-refractivity contribution in [3.63, 3.8) is 0 Å². The van der Waals surface area contributed by atoms with Gasteiger partial charge in [0.05, 0.1) is 11.0 Å². The fraction of sp³-hybridized carbons (Fsp3) is 0. The largest absolute Gasteiger partial charge is 0.436 e. The van der Waals surface area contributed by atoms with Gasteiger partial charge in [0.2, 0.25) is 5.71 Å². The number of fused-ring (bicyclic) bond motifs is 13. The van der Waals surface area contributed by atoms with E-state index in [2.05, 4.69) is 144 Å². The zero-order valence-electron chi connectivity index (χ0n) is 28.2. The summed E-state index contributed by atoms with van der Waals surface area (Å²) in [6.07, 6.45) is 0. The van der Waals surface area contributed by atoms with Gasteiger partial charge in [-0.2, -0.15) is 0 Å². The average Bonchev–Trinajstić information content (AvgIpc) is 3.90. The molecule has 0 unspecified atom stereocenters. The Morgan fingerprint density at radius 1 is 0.509 bits per heavy atom. The first-order chi connectivity index (χ1) is 26.3. The smallest absolute Gasteiger partial charge is 0.247 e. The third kappa shape index (κ3) is 4.05. The molecule has 0 saturated carbocycles. The summed E-state index contributed by atoms with van der Waals surface area (Å²) >= 11 is 1.87. The average molecular weight is 694 g/mol. The van der Waals surface area contributed by atoms with E-state index >= 15 is 0 Å². The highest BCUT2D eigenvalue weighted by Crippen LogP contribution is 2.47. The van der Waals surface area contributed by atoms with E-state index < -0.39 is 0 Å². The van der Waals surface area contributed by atoms with Crippen LogP contribution in [0.2, 0.25) is 0 Å². The summed E-state index contributed by atoms with van der Waals surface area (Å²) in [5.74, 6) is 0.771. The van der Waals surface area contributed by atoms with E-state index in [1.54, 1.807) is 0 Å². The molecule has 0 bridgehead atoms. The number of benzene rings is 8. The van der Waals surface area contributed by atoms with Gasteiger partial charge in [0.1, 0.15) is 16.8 Å². The summed E-state index contributed by atoms with van der Waals surface area (Å²) in [7, 11) is 0. The van der Waals surface area contributed by atoms with Crippen LogP contribution in [-0.4, -0.2) is 14.5 Å². The van der Waals surface area contributed by atoms with Crippen molar-refractivity contribution in [3.8, 4) is 28.2 Å². The van der Waals surface area contributed by atoms with Gasteiger partial charge in [0, 0.05) is 52.8 Å². The lowest BCUT2D eigenvalue weighted by atomic mass is 9.93. The van der Waals surface area contributed by atoms with Crippen LogP contribution in [0, 0.1) is 0 Å². The Balaban J connectivity index is 1.31. The monoisotopic (exact) mass is 693 g/mol. The molecule has 0 spiro atoms. The normalized spacial score (nSPS) is 12.2. The summed E-state index contributed by atoms with van der Waals surface area (Å²) in [5.41, 5.74) is 8.42. The summed E-state index contributed by atoms with van der Waals surface area (Å²) in [5, 5.41) is 10.7. The van der Waals surface area contributed by atoms with Gasteiger partial charge in [-0.25, -0.2) is 9.97 Å². The lowest BCUT2D eigenvalue weighted by molar-refractivity contribution is 0.653. The van der Waals surface area contributed by atoms with Crippen LogP contribution in [0.3, 0.4) is 0 Å². The van der Waals surface area contributed by atoms with Crippen molar-refractivity contribution in [3.05, 3.63) is 164 Å². The minimum absolute atomic E-state index is 0.530. The lowest BCUT2D eigenvalue weighted by Crippen LogP contribution is -2.03. The number of aromatic nitrogens is 3. The highest BCUT2D eigenvalue weighted by atomic mass is 32.1. The van der Waals surface area contributed by atoms with Crippen LogP contribution in [0.5, 0.6) is 0 Å². The Labute approximate surface area is 306 Å². The number of para-hydroxylation sites is 1. The number of thiophene rings is 1. The van der Waals surface area contributed by atoms with Gasteiger partial charge >= 0.3 is 0 Å². The molecule has 246 valence electrons. The Morgan fingerprint density at radius 2 is 1.23 bits per heavy atom. The van der Waals surface area contributed by atoms with Gasteiger partial charge in [-0.15, -0.1) is 11.3 Å². The minimum atomic E-state index is 0.530. The maximum atomic E-state index is 6.35. The van der Waals surface area contributed by atoms with Crippen molar-refractivity contribution in [2.24, 2.45) is 0 Å². The van der Waals surface area contributed by atoms with E-state index in [4.69, 9.17) is 14.4 Å². The Bertz CT molecular complexity index is 3460. The van der Waals surface area contributed by atoms with Crippen molar-refractivity contribution in [1.82, 2.24) is 14.5 Å². The molecule has 0 atom stereocenters. The number of furan rings is 1. The number of nitrogens with zero attached hydrogens (tertiary/aromatic N) is 3. The number of hydrogen-bond donors (Lipinski definition) is 0. The van der Waals surface area contributed by atoms with Crippen molar-refractivity contribution in [2.75, 3.05) is 0 Å². The van der Waals surface area contributed by atoms with E-state index in [1.807, 2.05) is 35.6 Å². The molecule has 4 heterocycles. The maximum Gasteiger partial charge on any atom is 0.247 e. The van der Waals surface area contributed by atoms with Crippen LogP contribution in [0.1, 0.15) is 0 Å². The molecule has 0 aliphatic heterocycles. The third-order valence-corrected chi connectivity index (χ3v) is 12.0. The molecule has 53 heavy (non-hydrogen) atoms. The Kier molecular flexibility index (Phi) is 5.90. The van der Waals surface area contributed by atoms with Crippen molar-refractivity contribution in [1.29, 1.82) is 0 Å². The molecule has 0 aliphatic carbocycles. The summed E-state index contributed by atoms with van der Waals surface area (Å²) in [6, 6.07) is 58.4. The van der Waals surface area contributed by atoms with Crippen LogP contribution in [0.25, 0.3) is 114 Å². The molecule has 12 aromatic rings. The van der Waals surface area contributed by atoms with Crippen LogP contribution < -0.4 is 0 Å². The molecule has 5 heteroatoms. The maximum absolute atomic E-state index is 6.35. The zero-order chi connectivity index (χ0) is 34.6. The first-order valence-electron chi connectivity index (χ1n) is 17.8. The quantitative estimate of drug-likeness (QED) is 0.185. The van der Waals surface area contributed by atoms with Gasteiger partial charge in [-0.05, 0) is 46.0 Å². The van der Waals surface area contributed by atoms with Crippen LogP contribution in [0.15, 0.2) is 168 Å². The third-order valence-electron chi connectivity index (χ3n) is 10.8.